The smallest absolute Gasteiger partial charge is 0.119 e. The molecule has 2 rings (SSSR count). The Hall–Kier alpha value is -1.44. The highest BCUT2D eigenvalue weighted by Gasteiger charge is 2.08. The van der Waals surface area contributed by atoms with E-state index >= 15 is 0 Å². The van der Waals surface area contributed by atoms with Crippen molar-refractivity contribution in [2.45, 2.75) is 40.7 Å². The van der Waals surface area contributed by atoms with E-state index in [-0.39, 0.29) is 0 Å². The molecular weight excluding hydrogens is 210 g/mol. The average Bonchev–Trinajstić information content (AvgIpc) is 2.69. The molecule has 0 radical (unpaired) electrons. The van der Waals surface area contributed by atoms with E-state index in [4.69, 9.17) is 4.74 Å². The van der Waals surface area contributed by atoms with Crippen LogP contribution in [0, 0.1) is 6.92 Å². The van der Waals surface area contributed by atoms with Crippen molar-refractivity contribution in [3.05, 3.63) is 30.0 Å². The minimum Gasteiger partial charge on any atom is -0.497 e. The summed E-state index contributed by atoms with van der Waals surface area (Å²) in [6.45, 7) is 10.5. The zero-order chi connectivity index (χ0) is 13.0. The lowest BCUT2D eigenvalue weighted by Crippen LogP contribution is -1.97. The molecule has 0 atom stereocenters. The van der Waals surface area contributed by atoms with Crippen LogP contribution in [0.2, 0.25) is 0 Å². The number of aromatic nitrogens is 1. The summed E-state index contributed by atoms with van der Waals surface area (Å²) in [5.41, 5.74) is 2.58. The Labute approximate surface area is 104 Å². The molecule has 0 aliphatic heterocycles. The zero-order valence-electron chi connectivity index (χ0n) is 11.7. The Morgan fingerprint density at radius 3 is 2.35 bits per heavy atom. The molecule has 0 spiro atoms. The van der Waals surface area contributed by atoms with E-state index in [2.05, 4.69) is 43.7 Å². The van der Waals surface area contributed by atoms with Crippen LogP contribution < -0.4 is 4.74 Å². The molecule has 0 bridgehead atoms. The lowest BCUT2D eigenvalue weighted by atomic mass is 10.2. The summed E-state index contributed by atoms with van der Waals surface area (Å²) in [6.07, 6.45) is 2.20. The molecule has 0 aliphatic rings. The fourth-order valence-corrected chi connectivity index (χ4v) is 1.96. The van der Waals surface area contributed by atoms with Gasteiger partial charge in [-0.1, -0.05) is 13.8 Å². The van der Waals surface area contributed by atoms with E-state index in [1.807, 2.05) is 19.9 Å². The van der Waals surface area contributed by atoms with Gasteiger partial charge in [-0.2, -0.15) is 0 Å². The SMILES string of the molecule is CC.COc1ccc2c(c1)c(C)cn2C(C)C. The van der Waals surface area contributed by atoms with Crippen LogP contribution in [-0.4, -0.2) is 11.7 Å². The zero-order valence-corrected chi connectivity index (χ0v) is 11.7. The number of fused-ring (bicyclic) bond motifs is 1. The molecule has 0 N–H and O–H groups in total. The second-order valence-corrected chi connectivity index (χ2v) is 4.20. The second-order valence-electron chi connectivity index (χ2n) is 4.20. The number of methoxy groups -OCH3 is 1. The first-order valence-corrected chi connectivity index (χ1v) is 6.28. The van der Waals surface area contributed by atoms with Crippen LogP contribution in [0.4, 0.5) is 0 Å². The molecule has 1 heterocycles. The molecule has 0 fully saturated rings. The molecular formula is C15H23NO. The summed E-state index contributed by atoms with van der Waals surface area (Å²) in [4.78, 5) is 0. The van der Waals surface area contributed by atoms with Gasteiger partial charge in [-0.05, 0) is 44.5 Å². The molecule has 0 aliphatic carbocycles. The fraction of sp³-hybridized carbons (Fsp3) is 0.467. The minimum absolute atomic E-state index is 0.495. The third kappa shape index (κ3) is 2.63. The topological polar surface area (TPSA) is 14.2 Å². The van der Waals surface area contributed by atoms with Crippen molar-refractivity contribution >= 4 is 10.9 Å². The van der Waals surface area contributed by atoms with E-state index in [0.29, 0.717) is 6.04 Å². The largest absolute Gasteiger partial charge is 0.497 e. The molecule has 0 amide bonds. The molecule has 2 nitrogen and oxygen atoms in total. The van der Waals surface area contributed by atoms with Crippen molar-refractivity contribution in [2.75, 3.05) is 7.11 Å². The van der Waals surface area contributed by atoms with Crippen molar-refractivity contribution in [1.82, 2.24) is 4.57 Å². The molecule has 1 aromatic heterocycles. The Bertz CT molecular complexity index is 483. The van der Waals surface area contributed by atoms with E-state index in [1.54, 1.807) is 7.11 Å². The van der Waals surface area contributed by atoms with Crippen LogP contribution in [0.1, 0.15) is 39.3 Å². The van der Waals surface area contributed by atoms with Gasteiger partial charge in [0.25, 0.3) is 0 Å². The van der Waals surface area contributed by atoms with E-state index in [9.17, 15) is 0 Å². The minimum atomic E-state index is 0.495. The normalized spacial score (nSPS) is 10.3. The van der Waals surface area contributed by atoms with Crippen LogP contribution in [0.15, 0.2) is 24.4 Å². The molecule has 94 valence electrons. The summed E-state index contributed by atoms with van der Waals surface area (Å²) >= 11 is 0. The van der Waals surface area contributed by atoms with Gasteiger partial charge >= 0.3 is 0 Å². The lowest BCUT2D eigenvalue weighted by Gasteiger charge is -2.09. The van der Waals surface area contributed by atoms with Crippen molar-refractivity contribution in [3.63, 3.8) is 0 Å². The highest BCUT2D eigenvalue weighted by Crippen LogP contribution is 2.27. The monoisotopic (exact) mass is 233 g/mol. The van der Waals surface area contributed by atoms with Gasteiger partial charge in [-0.3, -0.25) is 0 Å². The Kier molecular flexibility index (Phi) is 4.62. The third-order valence-corrected chi connectivity index (χ3v) is 2.80. The average molecular weight is 233 g/mol. The number of aryl methyl sites for hydroxylation is 1. The van der Waals surface area contributed by atoms with Crippen LogP contribution in [0.25, 0.3) is 10.9 Å². The van der Waals surface area contributed by atoms with Crippen molar-refractivity contribution in [2.24, 2.45) is 0 Å². The van der Waals surface area contributed by atoms with Gasteiger partial charge in [0, 0.05) is 23.1 Å². The molecule has 1 aromatic carbocycles. The standard InChI is InChI=1S/C13H17NO.C2H6/c1-9(2)14-8-10(3)12-7-11(15-4)5-6-13(12)14;1-2/h5-9H,1-4H3;1-2H3. The maximum atomic E-state index is 5.24. The number of ether oxygens (including phenoxy) is 1. The summed E-state index contributed by atoms with van der Waals surface area (Å²) in [6, 6.07) is 6.74. The molecule has 2 heteroatoms. The van der Waals surface area contributed by atoms with Crippen LogP contribution in [-0.2, 0) is 0 Å². The fourth-order valence-electron chi connectivity index (χ4n) is 1.96. The molecule has 17 heavy (non-hydrogen) atoms. The van der Waals surface area contributed by atoms with Gasteiger partial charge in [0.15, 0.2) is 0 Å². The molecule has 0 saturated carbocycles. The number of hydrogen-bond acceptors (Lipinski definition) is 1. The van der Waals surface area contributed by atoms with Gasteiger partial charge in [0.2, 0.25) is 0 Å². The van der Waals surface area contributed by atoms with Crippen LogP contribution in [0.5, 0.6) is 5.75 Å². The van der Waals surface area contributed by atoms with Gasteiger partial charge < -0.3 is 9.30 Å². The predicted molar refractivity (Wildman–Crippen MR) is 75.0 cm³/mol. The molecule has 0 saturated heterocycles. The van der Waals surface area contributed by atoms with Gasteiger partial charge in [-0.15, -0.1) is 0 Å². The third-order valence-electron chi connectivity index (χ3n) is 2.80. The Balaban J connectivity index is 0.000000686. The number of hydrogen-bond donors (Lipinski definition) is 0. The number of nitrogens with zero attached hydrogens (tertiary/aromatic N) is 1. The van der Waals surface area contributed by atoms with Crippen molar-refractivity contribution in [1.29, 1.82) is 0 Å². The van der Waals surface area contributed by atoms with Gasteiger partial charge in [-0.25, -0.2) is 0 Å². The van der Waals surface area contributed by atoms with Crippen LogP contribution in [0.3, 0.4) is 0 Å². The number of benzene rings is 1. The van der Waals surface area contributed by atoms with E-state index < -0.39 is 0 Å². The van der Waals surface area contributed by atoms with Crippen LogP contribution >= 0.6 is 0 Å². The molecule has 0 unspecified atom stereocenters. The first-order valence-electron chi connectivity index (χ1n) is 6.28. The maximum absolute atomic E-state index is 5.24. The highest BCUT2D eigenvalue weighted by molar-refractivity contribution is 5.85. The Morgan fingerprint density at radius 2 is 1.82 bits per heavy atom. The summed E-state index contributed by atoms with van der Waals surface area (Å²) < 4.78 is 7.53. The second kappa shape index (κ2) is 5.76. The Morgan fingerprint density at radius 1 is 1.18 bits per heavy atom. The predicted octanol–water partition coefficient (Wildman–Crippen LogP) is 4.57. The number of rotatable bonds is 2. The quantitative estimate of drug-likeness (QED) is 0.741. The van der Waals surface area contributed by atoms with E-state index in [0.717, 1.165) is 5.75 Å². The summed E-state index contributed by atoms with van der Waals surface area (Å²) in [5, 5.41) is 1.28. The van der Waals surface area contributed by atoms with Gasteiger partial charge in [0.1, 0.15) is 5.75 Å². The maximum Gasteiger partial charge on any atom is 0.119 e. The molecule has 2 aromatic rings. The summed E-state index contributed by atoms with van der Waals surface area (Å²) in [7, 11) is 1.70. The summed E-state index contributed by atoms with van der Waals surface area (Å²) in [5.74, 6) is 0.923. The van der Waals surface area contributed by atoms with Crippen molar-refractivity contribution < 1.29 is 4.74 Å². The van der Waals surface area contributed by atoms with Gasteiger partial charge in [0.05, 0.1) is 7.11 Å². The lowest BCUT2D eigenvalue weighted by molar-refractivity contribution is 0.415. The van der Waals surface area contributed by atoms with Crippen molar-refractivity contribution in [3.8, 4) is 5.75 Å². The first-order chi connectivity index (χ1) is 8.13. The van der Waals surface area contributed by atoms with E-state index in [1.165, 1.54) is 16.5 Å². The highest BCUT2D eigenvalue weighted by atomic mass is 16.5. The first kappa shape index (κ1) is 13.6.